The number of hydrogen-bond donors (Lipinski definition) is 1. The molecule has 0 spiro atoms. The van der Waals surface area contributed by atoms with Gasteiger partial charge in [0.1, 0.15) is 10.8 Å². The van der Waals surface area contributed by atoms with Gasteiger partial charge >= 0.3 is 0 Å². The van der Waals surface area contributed by atoms with Crippen molar-refractivity contribution in [2.24, 2.45) is 0 Å². The molecule has 4 rings (SSSR count). The van der Waals surface area contributed by atoms with Crippen molar-refractivity contribution in [3.8, 4) is 0 Å². The number of nitrogens with one attached hydrogen (secondary N) is 1. The van der Waals surface area contributed by atoms with Gasteiger partial charge in [-0.25, -0.2) is 9.37 Å². The van der Waals surface area contributed by atoms with Crippen molar-refractivity contribution >= 4 is 17.7 Å². The van der Waals surface area contributed by atoms with Gasteiger partial charge in [0, 0.05) is 11.9 Å². The maximum Gasteiger partial charge on any atom is 0.254 e. The van der Waals surface area contributed by atoms with Crippen LogP contribution in [0.3, 0.4) is 0 Å². The Hall–Kier alpha value is -2.66. The Balaban J connectivity index is 1.47. The summed E-state index contributed by atoms with van der Waals surface area (Å²) < 4.78 is 13.0. The fourth-order valence-electron chi connectivity index (χ4n) is 3.35. The number of aromatic nitrogens is 1. The molecule has 3 aromatic rings. The third-order valence-electron chi connectivity index (χ3n) is 4.74. The van der Waals surface area contributed by atoms with Gasteiger partial charge in [-0.15, -0.1) is 11.8 Å². The number of amides is 1. The summed E-state index contributed by atoms with van der Waals surface area (Å²) in [5.74, 6) is 0.272. The number of pyridine rings is 1. The summed E-state index contributed by atoms with van der Waals surface area (Å²) in [4.78, 5) is 17.3. The molecular weight excluding hydrogens is 359 g/mol. The van der Waals surface area contributed by atoms with Crippen LogP contribution in [0.5, 0.6) is 0 Å². The summed E-state index contributed by atoms with van der Waals surface area (Å²) >= 11 is 1.48. The monoisotopic (exact) mass is 378 g/mol. The van der Waals surface area contributed by atoms with Crippen LogP contribution in [0.15, 0.2) is 71.9 Å². The van der Waals surface area contributed by atoms with E-state index in [0.29, 0.717) is 16.3 Å². The van der Waals surface area contributed by atoms with Gasteiger partial charge in [0.05, 0.1) is 11.6 Å². The van der Waals surface area contributed by atoms with E-state index in [1.54, 1.807) is 30.5 Å². The van der Waals surface area contributed by atoms with Crippen molar-refractivity contribution in [1.82, 2.24) is 10.3 Å². The van der Waals surface area contributed by atoms with Gasteiger partial charge in [-0.3, -0.25) is 4.79 Å². The molecule has 0 saturated carbocycles. The lowest BCUT2D eigenvalue weighted by Crippen LogP contribution is -2.27. The molecule has 1 N–H and O–H groups in total. The number of hydrogen-bond acceptors (Lipinski definition) is 3. The number of benzene rings is 2. The molecule has 1 atom stereocenters. The topological polar surface area (TPSA) is 42.0 Å². The van der Waals surface area contributed by atoms with Crippen molar-refractivity contribution < 1.29 is 9.18 Å². The minimum absolute atomic E-state index is 0.0452. The predicted octanol–water partition coefficient (Wildman–Crippen LogP) is 4.93. The first-order chi connectivity index (χ1) is 13.2. The Labute approximate surface area is 162 Å². The van der Waals surface area contributed by atoms with E-state index in [9.17, 15) is 9.18 Å². The lowest BCUT2D eigenvalue weighted by molar-refractivity contribution is 0.0933. The van der Waals surface area contributed by atoms with Gasteiger partial charge in [-0.2, -0.15) is 0 Å². The van der Waals surface area contributed by atoms with Crippen LogP contribution in [0.1, 0.15) is 39.5 Å². The predicted molar refractivity (Wildman–Crippen MR) is 105 cm³/mol. The number of carbonyl (C=O) groups excluding carboxylic acids is 1. The minimum atomic E-state index is -0.251. The van der Waals surface area contributed by atoms with E-state index in [-0.39, 0.29) is 17.8 Å². The van der Waals surface area contributed by atoms with Crippen LogP contribution in [0.2, 0.25) is 0 Å². The molecule has 27 heavy (non-hydrogen) atoms. The molecule has 0 aliphatic heterocycles. The molecule has 1 aromatic heterocycles. The first kappa shape index (κ1) is 17.7. The summed E-state index contributed by atoms with van der Waals surface area (Å²) in [6.07, 6.45) is 3.60. The summed E-state index contributed by atoms with van der Waals surface area (Å²) in [5, 5.41) is 3.84. The zero-order valence-corrected chi connectivity index (χ0v) is 15.5. The SMILES string of the molecule is O=C(N[C@@H]1CCc2ccccc21)c1cccnc1SCc1ccc(F)cc1. The van der Waals surface area contributed by atoms with E-state index in [4.69, 9.17) is 0 Å². The molecule has 0 fully saturated rings. The van der Waals surface area contributed by atoms with Crippen molar-refractivity contribution in [3.05, 3.63) is 94.9 Å². The van der Waals surface area contributed by atoms with Crippen molar-refractivity contribution in [2.45, 2.75) is 29.7 Å². The Kier molecular flexibility index (Phi) is 5.21. The Morgan fingerprint density at radius 2 is 1.93 bits per heavy atom. The molecule has 2 aromatic carbocycles. The van der Waals surface area contributed by atoms with E-state index in [2.05, 4.69) is 22.4 Å². The highest BCUT2D eigenvalue weighted by Crippen LogP contribution is 2.31. The maximum absolute atomic E-state index is 13.0. The van der Waals surface area contributed by atoms with Gasteiger partial charge in [0.2, 0.25) is 0 Å². The van der Waals surface area contributed by atoms with E-state index in [1.165, 1.54) is 35.0 Å². The van der Waals surface area contributed by atoms with Gasteiger partial charge in [-0.05, 0) is 53.8 Å². The third-order valence-corrected chi connectivity index (χ3v) is 5.82. The second-order valence-electron chi connectivity index (χ2n) is 6.53. The lowest BCUT2D eigenvalue weighted by atomic mass is 10.1. The molecule has 1 heterocycles. The molecule has 136 valence electrons. The second-order valence-corrected chi connectivity index (χ2v) is 7.50. The highest BCUT2D eigenvalue weighted by atomic mass is 32.2. The largest absolute Gasteiger partial charge is 0.345 e. The van der Waals surface area contributed by atoms with Gasteiger partial charge < -0.3 is 5.32 Å². The summed E-state index contributed by atoms with van der Waals surface area (Å²) in [6.45, 7) is 0. The van der Waals surface area contributed by atoms with Crippen LogP contribution in [-0.2, 0) is 12.2 Å². The van der Waals surface area contributed by atoms with Gasteiger partial charge in [-0.1, -0.05) is 36.4 Å². The first-order valence-electron chi connectivity index (χ1n) is 8.91. The summed E-state index contributed by atoms with van der Waals surface area (Å²) in [7, 11) is 0. The zero-order valence-electron chi connectivity index (χ0n) is 14.7. The standard InChI is InChI=1S/C22H19FN2OS/c23-17-10-7-15(8-11-17)14-27-22-19(6-3-13-24-22)21(26)25-20-12-9-16-4-1-2-5-18(16)20/h1-8,10-11,13,20H,9,12,14H2,(H,25,26)/t20-/m1/s1. The fraction of sp³-hybridized carbons (Fsp3) is 0.182. The summed E-state index contributed by atoms with van der Waals surface area (Å²) in [5.41, 5.74) is 4.08. The molecule has 1 aliphatic carbocycles. The molecular formula is C22H19FN2OS. The number of rotatable bonds is 5. The van der Waals surface area contributed by atoms with E-state index in [0.717, 1.165) is 18.4 Å². The highest BCUT2D eigenvalue weighted by molar-refractivity contribution is 7.98. The number of aryl methyl sites for hydroxylation is 1. The molecule has 0 unspecified atom stereocenters. The average molecular weight is 378 g/mol. The molecule has 5 heteroatoms. The molecule has 0 radical (unpaired) electrons. The normalized spacial score (nSPS) is 15.4. The van der Waals surface area contributed by atoms with Crippen LogP contribution in [0, 0.1) is 5.82 Å². The van der Waals surface area contributed by atoms with Gasteiger partial charge in [0.25, 0.3) is 5.91 Å². The van der Waals surface area contributed by atoms with Crippen molar-refractivity contribution in [2.75, 3.05) is 0 Å². The zero-order chi connectivity index (χ0) is 18.6. The fourth-order valence-corrected chi connectivity index (χ4v) is 4.30. The average Bonchev–Trinajstić information content (AvgIpc) is 3.11. The molecule has 3 nitrogen and oxygen atoms in total. The molecule has 0 bridgehead atoms. The van der Waals surface area contributed by atoms with Crippen LogP contribution >= 0.6 is 11.8 Å². The van der Waals surface area contributed by atoms with Crippen molar-refractivity contribution in [3.63, 3.8) is 0 Å². The minimum Gasteiger partial charge on any atom is -0.345 e. The smallest absolute Gasteiger partial charge is 0.254 e. The first-order valence-corrected chi connectivity index (χ1v) is 9.90. The second kappa shape index (κ2) is 7.92. The number of carbonyl (C=O) groups is 1. The van der Waals surface area contributed by atoms with E-state index >= 15 is 0 Å². The number of thioether (sulfide) groups is 1. The van der Waals surface area contributed by atoms with Crippen LogP contribution < -0.4 is 5.32 Å². The quantitative estimate of drug-likeness (QED) is 0.640. The third kappa shape index (κ3) is 4.03. The molecule has 1 aliphatic rings. The van der Waals surface area contributed by atoms with Crippen LogP contribution in [0.25, 0.3) is 0 Å². The molecule has 1 amide bonds. The van der Waals surface area contributed by atoms with Gasteiger partial charge in [0.15, 0.2) is 0 Å². The lowest BCUT2D eigenvalue weighted by Gasteiger charge is -2.15. The maximum atomic E-state index is 13.0. The molecule has 0 saturated heterocycles. The highest BCUT2D eigenvalue weighted by Gasteiger charge is 2.24. The van der Waals surface area contributed by atoms with Crippen LogP contribution in [0.4, 0.5) is 4.39 Å². The van der Waals surface area contributed by atoms with E-state index < -0.39 is 0 Å². The number of fused-ring (bicyclic) bond motifs is 1. The Bertz CT molecular complexity index is 959. The Morgan fingerprint density at radius 3 is 2.78 bits per heavy atom. The number of nitrogens with zero attached hydrogens (tertiary/aromatic N) is 1. The van der Waals surface area contributed by atoms with Crippen molar-refractivity contribution in [1.29, 1.82) is 0 Å². The van der Waals surface area contributed by atoms with Crippen LogP contribution in [-0.4, -0.2) is 10.9 Å². The summed E-state index contributed by atoms with van der Waals surface area (Å²) in [6, 6.07) is 18.3. The van der Waals surface area contributed by atoms with E-state index in [1.807, 2.05) is 12.1 Å². The Morgan fingerprint density at radius 1 is 1.11 bits per heavy atom. The number of halogens is 1.